The molecule has 12 heavy (non-hydrogen) atoms. The zero-order valence-corrected chi connectivity index (χ0v) is 7.58. The van der Waals surface area contributed by atoms with Gasteiger partial charge < -0.3 is 5.11 Å². The molecular formula is C11H18O. The first-order valence-corrected chi connectivity index (χ1v) is 5.10. The number of rotatable bonds is 4. The second kappa shape index (κ2) is 3.21. The van der Waals surface area contributed by atoms with E-state index in [9.17, 15) is 5.11 Å². The molecule has 3 unspecified atom stereocenters. The summed E-state index contributed by atoms with van der Waals surface area (Å²) in [5.41, 5.74) is 0. The molecule has 0 bridgehead atoms. The number of allylic oxidation sites excluding steroid dienone is 1. The summed E-state index contributed by atoms with van der Waals surface area (Å²) in [6, 6.07) is 0. The van der Waals surface area contributed by atoms with E-state index >= 15 is 0 Å². The molecule has 0 aromatic heterocycles. The zero-order chi connectivity index (χ0) is 8.55. The van der Waals surface area contributed by atoms with Crippen LogP contribution in [-0.2, 0) is 0 Å². The molecule has 2 fully saturated rings. The Kier molecular flexibility index (Phi) is 2.22. The predicted octanol–water partition coefficient (Wildman–Crippen LogP) is 2.36. The molecule has 2 aliphatic rings. The van der Waals surface area contributed by atoms with Crippen LogP contribution in [0.3, 0.4) is 0 Å². The Bertz CT molecular complexity index is 166. The molecule has 2 saturated carbocycles. The van der Waals surface area contributed by atoms with Crippen LogP contribution in [0.15, 0.2) is 12.7 Å². The van der Waals surface area contributed by atoms with Gasteiger partial charge in [-0.05, 0) is 49.9 Å². The SMILES string of the molecule is C=CCCC(O)C1CC2CC2C1. The van der Waals surface area contributed by atoms with Gasteiger partial charge in [0.15, 0.2) is 0 Å². The van der Waals surface area contributed by atoms with E-state index in [1.807, 2.05) is 6.08 Å². The molecule has 0 saturated heterocycles. The van der Waals surface area contributed by atoms with Crippen molar-refractivity contribution in [3.8, 4) is 0 Å². The summed E-state index contributed by atoms with van der Waals surface area (Å²) in [6.07, 6.45) is 7.78. The van der Waals surface area contributed by atoms with E-state index < -0.39 is 0 Å². The van der Waals surface area contributed by atoms with Crippen molar-refractivity contribution in [3.05, 3.63) is 12.7 Å². The molecule has 2 rings (SSSR count). The molecule has 3 atom stereocenters. The summed E-state index contributed by atoms with van der Waals surface area (Å²) >= 11 is 0. The molecule has 0 amide bonds. The molecule has 0 spiro atoms. The summed E-state index contributed by atoms with van der Waals surface area (Å²) in [7, 11) is 0. The van der Waals surface area contributed by atoms with Gasteiger partial charge in [-0.25, -0.2) is 0 Å². The van der Waals surface area contributed by atoms with Gasteiger partial charge in [0.2, 0.25) is 0 Å². The lowest BCUT2D eigenvalue weighted by atomic mass is 9.94. The van der Waals surface area contributed by atoms with Crippen LogP contribution in [0, 0.1) is 17.8 Å². The largest absolute Gasteiger partial charge is 0.393 e. The van der Waals surface area contributed by atoms with Crippen LogP contribution in [0.5, 0.6) is 0 Å². The van der Waals surface area contributed by atoms with Gasteiger partial charge >= 0.3 is 0 Å². The molecule has 0 heterocycles. The van der Waals surface area contributed by atoms with Crippen molar-refractivity contribution in [1.29, 1.82) is 0 Å². The van der Waals surface area contributed by atoms with E-state index in [1.54, 1.807) is 0 Å². The van der Waals surface area contributed by atoms with Gasteiger partial charge in [-0.15, -0.1) is 6.58 Å². The third-order valence-corrected chi connectivity index (χ3v) is 3.49. The number of fused-ring (bicyclic) bond motifs is 1. The minimum atomic E-state index is -0.0456. The van der Waals surface area contributed by atoms with E-state index in [0.717, 1.165) is 24.7 Å². The standard InChI is InChI=1S/C11H18O/c1-2-3-4-11(12)10-6-8-5-9(8)7-10/h2,8-12H,1,3-7H2. The van der Waals surface area contributed by atoms with Gasteiger partial charge in [-0.3, -0.25) is 0 Å². The maximum absolute atomic E-state index is 9.77. The fraction of sp³-hybridized carbons (Fsp3) is 0.818. The third kappa shape index (κ3) is 1.56. The van der Waals surface area contributed by atoms with Gasteiger partial charge in [0.25, 0.3) is 0 Å². The van der Waals surface area contributed by atoms with E-state index in [-0.39, 0.29) is 6.10 Å². The lowest BCUT2D eigenvalue weighted by Crippen LogP contribution is -2.18. The number of aliphatic hydroxyl groups excluding tert-OH is 1. The normalized spacial score (nSPS) is 40.6. The molecule has 0 aromatic carbocycles. The van der Waals surface area contributed by atoms with Crippen molar-refractivity contribution in [1.82, 2.24) is 0 Å². The van der Waals surface area contributed by atoms with Gasteiger partial charge in [0, 0.05) is 0 Å². The van der Waals surface area contributed by atoms with Crippen LogP contribution in [0.2, 0.25) is 0 Å². The molecule has 0 aliphatic heterocycles. The second-order valence-corrected chi connectivity index (χ2v) is 4.42. The highest BCUT2D eigenvalue weighted by Gasteiger charge is 2.47. The van der Waals surface area contributed by atoms with E-state index in [2.05, 4.69) is 6.58 Å². The van der Waals surface area contributed by atoms with Crippen molar-refractivity contribution in [2.75, 3.05) is 0 Å². The molecule has 0 radical (unpaired) electrons. The summed E-state index contributed by atoms with van der Waals surface area (Å²) in [6.45, 7) is 3.67. The lowest BCUT2D eigenvalue weighted by Gasteiger charge is -2.18. The van der Waals surface area contributed by atoms with E-state index in [1.165, 1.54) is 19.3 Å². The summed E-state index contributed by atoms with van der Waals surface area (Å²) in [4.78, 5) is 0. The first-order valence-electron chi connectivity index (χ1n) is 5.10. The number of aliphatic hydroxyl groups is 1. The Morgan fingerprint density at radius 2 is 2.00 bits per heavy atom. The highest BCUT2D eigenvalue weighted by Crippen LogP contribution is 2.55. The maximum Gasteiger partial charge on any atom is 0.0571 e. The van der Waals surface area contributed by atoms with Crippen LogP contribution in [0.25, 0.3) is 0 Å². The number of hydrogen-bond acceptors (Lipinski definition) is 1. The minimum absolute atomic E-state index is 0.0456. The Balaban J connectivity index is 1.73. The quantitative estimate of drug-likeness (QED) is 0.636. The van der Waals surface area contributed by atoms with Crippen LogP contribution in [0.1, 0.15) is 32.1 Å². The van der Waals surface area contributed by atoms with Crippen molar-refractivity contribution >= 4 is 0 Å². The predicted molar refractivity (Wildman–Crippen MR) is 49.8 cm³/mol. The summed E-state index contributed by atoms with van der Waals surface area (Å²) in [5, 5.41) is 9.77. The van der Waals surface area contributed by atoms with Crippen LogP contribution in [0.4, 0.5) is 0 Å². The Morgan fingerprint density at radius 3 is 2.58 bits per heavy atom. The molecule has 1 N–H and O–H groups in total. The average Bonchev–Trinajstić information content (AvgIpc) is 2.69. The van der Waals surface area contributed by atoms with Crippen molar-refractivity contribution in [2.24, 2.45) is 17.8 Å². The van der Waals surface area contributed by atoms with Crippen LogP contribution < -0.4 is 0 Å². The van der Waals surface area contributed by atoms with Crippen molar-refractivity contribution < 1.29 is 5.11 Å². The fourth-order valence-electron chi connectivity index (χ4n) is 2.60. The molecule has 2 aliphatic carbocycles. The Hall–Kier alpha value is -0.300. The lowest BCUT2D eigenvalue weighted by molar-refractivity contribution is 0.0962. The first kappa shape index (κ1) is 8.31. The average molecular weight is 166 g/mol. The molecular weight excluding hydrogens is 148 g/mol. The smallest absolute Gasteiger partial charge is 0.0571 e. The molecule has 0 aromatic rings. The van der Waals surface area contributed by atoms with E-state index in [4.69, 9.17) is 0 Å². The van der Waals surface area contributed by atoms with Crippen molar-refractivity contribution in [3.63, 3.8) is 0 Å². The topological polar surface area (TPSA) is 20.2 Å². The first-order chi connectivity index (χ1) is 5.81. The van der Waals surface area contributed by atoms with E-state index in [0.29, 0.717) is 5.92 Å². The van der Waals surface area contributed by atoms with Crippen LogP contribution in [-0.4, -0.2) is 11.2 Å². The van der Waals surface area contributed by atoms with Gasteiger partial charge in [-0.1, -0.05) is 6.08 Å². The molecule has 1 heteroatoms. The van der Waals surface area contributed by atoms with Gasteiger partial charge in [-0.2, -0.15) is 0 Å². The summed E-state index contributed by atoms with van der Waals surface area (Å²) < 4.78 is 0. The number of hydrogen-bond donors (Lipinski definition) is 1. The second-order valence-electron chi connectivity index (χ2n) is 4.42. The zero-order valence-electron chi connectivity index (χ0n) is 7.58. The summed E-state index contributed by atoms with van der Waals surface area (Å²) in [5.74, 6) is 2.61. The van der Waals surface area contributed by atoms with Crippen molar-refractivity contribution in [2.45, 2.75) is 38.2 Å². The maximum atomic E-state index is 9.77. The highest BCUT2D eigenvalue weighted by molar-refractivity contribution is 4.97. The van der Waals surface area contributed by atoms with Crippen LogP contribution >= 0.6 is 0 Å². The fourth-order valence-corrected chi connectivity index (χ4v) is 2.60. The Labute approximate surface area is 74.5 Å². The van der Waals surface area contributed by atoms with Gasteiger partial charge in [0.1, 0.15) is 0 Å². The monoisotopic (exact) mass is 166 g/mol. The molecule has 1 nitrogen and oxygen atoms in total. The highest BCUT2D eigenvalue weighted by atomic mass is 16.3. The molecule has 68 valence electrons. The third-order valence-electron chi connectivity index (χ3n) is 3.49. The van der Waals surface area contributed by atoms with Gasteiger partial charge in [0.05, 0.1) is 6.10 Å². The Morgan fingerprint density at radius 1 is 1.33 bits per heavy atom. The minimum Gasteiger partial charge on any atom is -0.393 e.